The number of halogens is 3. The molecule has 2 aliphatic heterocycles. The van der Waals surface area contributed by atoms with Crippen LogP contribution in [0.2, 0.25) is 0 Å². The normalized spacial score (nSPS) is 21.7. The molecule has 1 unspecified atom stereocenters. The van der Waals surface area contributed by atoms with Crippen molar-refractivity contribution in [3.63, 3.8) is 0 Å². The Bertz CT molecular complexity index is 1680. The fourth-order valence-electron chi connectivity index (χ4n) is 6.27. The maximum Gasteiger partial charge on any atom is 0.426 e. The van der Waals surface area contributed by atoms with Gasteiger partial charge in [0.05, 0.1) is 6.04 Å². The van der Waals surface area contributed by atoms with Crippen LogP contribution in [0.4, 0.5) is 18.9 Å². The van der Waals surface area contributed by atoms with Crippen molar-refractivity contribution in [2.24, 2.45) is 5.41 Å². The van der Waals surface area contributed by atoms with E-state index in [1.54, 1.807) is 12.1 Å². The molecule has 0 saturated carbocycles. The lowest BCUT2D eigenvalue weighted by atomic mass is 9.67. The highest BCUT2D eigenvalue weighted by atomic mass is 19.4. The molecule has 0 aromatic heterocycles. The number of hydrogen-bond donors (Lipinski definition) is 3. The average molecular weight is 514 g/mol. The maximum absolute atomic E-state index is 13.7. The number of fused-ring (bicyclic) bond motifs is 5. The van der Waals surface area contributed by atoms with Gasteiger partial charge in [0.2, 0.25) is 5.66 Å². The van der Waals surface area contributed by atoms with E-state index in [9.17, 15) is 18.0 Å². The number of rotatable bonds is 2. The molecule has 0 radical (unpaired) electrons. The van der Waals surface area contributed by atoms with Gasteiger partial charge in [-0.1, -0.05) is 68.4 Å². The van der Waals surface area contributed by atoms with Gasteiger partial charge in [0, 0.05) is 23.2 Å². The molecule has 1 atom stereocenters. The third-order valence-corrected chi connectivity index (χ3v) is 8.17. The van der Waals surface area contributed by atoms with E-state index in [1.807, 2.05) is 12.1 Å². The SMILES string of the molecule is CC1(C)CC(=O)C2=C(C1)c1c(ccc3cc4ccccc4cc13)NC2c1ccc(C2(C(F)(F)F)NN2)cc1. The Morgan fingerprint density at radius 3 is 2.18 bits per heavy atom. The number of hydrazine groups is 1. The zero-order chi connectivity index (χ0) is 26.4. The zero-order valence-electron chi connectivity index (χ0n) is 21.0. The van der Waals surface area contributed by atoms with Gasteiger partial charge in [-0.15, -0.1) is 0 Å². The first-order valence-electron chi connectivity index (χ1n) is 12.8. The summed E-state index contributed by atoms with van der Waals surface area (Å²) in [7, 11) is 0. The lowest BCUT2D eigenvalue weighted by Crippen LogP contribution is -2.35. The lowest BCUT2D eigenvalue weighted by Gasteiger charge is -2.40. The van der Waals surface area contributed by atoms with Crippen LogP contribution in [0.15, 0.2) is 78.4 Å². The van der Waals surface area contributed by atoms with Crippen molar-refractivity contribution in [1.29, 1.82) is 0 Å². The molecular formula is C31H26F3N3O. The van der Waals surface area contributed by atoms with Crippen LogP contribution in [-0.2, 0) is 10.5 Å². The van der Waals surface area contributed by atoms with Crippen molar-refractivity contribution in [1.82, 2.24) is 10.9 Å². The third-order valence-electron chi connectivity index (χ3n) is 8.17. The van der Waals surface area contributed by atoms with Gasteiger partial charge in [-0.05, 0) is 68.3 Å². The molecule has 3 aliphatic rings. The van der Waals surface area contributed by atoms with Gasteiger partial charge in [0.1, 0.15) is 0 Å². The van der Waals surface area contributed by atoms with E-state index in [4.69, 9.17) is 0 Å². The number of anilines is 1. The molecule has 7 heteroatoms. The minimum Gasteiger partial charge on any atom is -0.373 e. The average Bonchev–Trinajstić information content (AvgIpc) is 3.69. The van der Waals surface area contributed by atoms with Gasteiger partial charge in [0.25, 0.3) is 0 Å². The minimum atomic E-state index is -4.47. The first kappa shape index (κ1) is 23.4. The number of alkyl halides is 3. The second kappa shape index (κ2) is 7.68. The van der Waals surface area contributed by atoms with E-state index in [2.05, 4.69) is 66.4 Å². The molecule has 1 fully saturated rings. The fourth-order valence-corrected chi connectivity index (χ4v) is 6.27. The topological polar surface area (TPSA) is 73.0 Å². The summed E-state index contributed by atoms with van der Waals surface area (Å²) in [5.41, 5.74) is 6.69. The summed E-state index contributed by atoms with van der Waals surface area (Å²) in [4.78, 5) is 13.7. The minimum absolute atomic E-state index is 0.0820. The number of allylic oxidation sites excluding steroid dienone is 1. The highest BCUT2D eigenvalue weighted by molar-refractivity contribution is 6.14. The van der Waals surface area contributed by atoms with Crippen LogP contribution in [0, 0.1) is 5.41 Å². The number of nitrogens with one attached hydrogen (secondary N) is 3. The van der Waals surface area contributed by atoms with Crippen LogP contribution in [0.3, 0.4) is 0 Å². The molecule has 3 N–H and O–H groups in total. The molecule has 38 heavy (non-hydrogen) atoms. The van der Waals surface area contributed by atoms with E-state index < -0.39 is 17.9 Å². The fraction of sp³-hybridized carbons (Fsp3) is 0.258. The monoisotopic (exact) mass is 513 g/mol. The Hall–Kier alpha value is -3.68. The van der Waals surface area contributed by atoms with Gasteiger partial charge < -0.3 is 5.32 Å². The van der Waals surface area contributed by atoms with Crippen molar-refractivity contribution in [3.8, 4) is 0 Å². The van der Waals surface area contributed by atoms with Crippen molar-refractivity contribution in [2.45, 2.75) is 44.6 Å². The summed E-state index contributed by atoms with van der Waals surface area (Å²) in [5, 5.41) is 8.08. The Morgan fingerprint density at radius 2 is 1.53 bits per heavy atom. The quantitative estimate of drug-likeness (QED) is 0.197. The Kier molecular flexibility index (Phi) is 4.74. The Morgan fingerprint density at radius 1 is 0.842 bits per heavy atom. The standard InChI is InChI=1S/C31H26F3N3O/c1-29(2)15-23-26-22-14-19-6-4-3-5-18(19)13-20(22)9-12-24(26)35-28(27(23)25(38)16-29)17-7-10-21(11-8-17)30(36-37-30)31(32,33)34/h3-14,28,35-37H,15-16H2,1-2H3. The van der Waals surface area contributed by atoms with Gasteiger partial charge in [-0.2, -0.15) is 13.2 Å². The summed E-state index contributed by atoms with van der Waals surface area (Å²) in [5.74, 6) is 0.0820. The van der Waals surface area contributed by atoms with Gasteiger partial charge in [0.15, 0.2) is 5.78 Å². The van der Waals surface area contributed by atoms with E-state index in [0.29, 0.717) is 6.42 Å². The predicted octanol–water partition coefficient (Wildman–Crippen LogP) is 7.13. The van der Waals surface area contributed by atoms with Crippen LogP contribution in [0.1, 0.15) is 49.4 Å². The second-order valence-electron chi connectivity index (χ2n) is 11.4. The summed E-state index contributed by atoms with van der Waals surface area (Å²) < 4.78 is 40.7. The molecule has 0 spiro atoms. The highest BCUT2D eigenvalue weighted by Crippen LogP contribution is 2.52. The molecule has 0 bridgehead atoms. The van der Waals surface area contributed by atoms with Crippen LogP contribution < -0.4 is 16.2 Å². The Balaban J connectivity index is 1.40. The third kappa shape index (κ3) is 3.42. The molecule has 4 aromatic rings. The molecule has 4 nitrogen and oxygen atoms in total. The molecule has 7 rings (SSSR count). The molecule has 0 amide bonds. The van der Waals surface area contributed by atoms with Crippen LogP contribution >= 0.6 is 0 Å². The molecular weight excluding hydrogens is 487 g/mol. The predicted molar refractivity (Wildman–Crippen MR) is 143 cm³/mol. The van der Waals surface area contributed by atoms with E-state index in [-0.39, 0.29) is 16.8 Å². The number of hydrogen-bond acceptors (Lipinski definition) is 4. The molecule has 2 heterocycles. The summed E-state index contributed by atoms with van der Waals surface area (Å²) in [6, 6.07) is 22.7. The molecule has 192 valence electrons. The zero-order valence-corrected chi connectivity index (χ0v) is 21.0. The maximum atomic E-state index is 13.7. The van der Waals surface area contributed by atoms with Gasteiger partial charge in [-0.25, -0.2) is 10.9 Å². The van der Waals surface area contributed by atoms with E-state index >= 15 is 0 Å². The van der Waals surface area contributed by atoms with E-state index in [0.717, 1.165) is 55.9 Å². The summed E-state index contributed by atoms with van der Waals surface area (Å²) in [6.45, 7) is 4.24. The lowest BCUT2D eigenvalue weighted by molar-refractivity contribution is -0.165. The Labute approximate surface area is 217 Å². The smallest absolute Gasteiger partial charge is 0.373 e. The van der Waals surface area contributed by atoms with E-state index in [1.165, 1.54) is 12.1 Å². The van der Waals surface area contributed by atoms with Crippen LogP contribution in [-0.4, -0.2) is 12.0 Å². The summed E-state index contributed by atoms with van der Waals surface area (Å²) in [6.07, 6.45) is -3.30. The van der Waals surface area contributed by atoms with Gasteiger partial charge in [-0.3, -0.25) is 4.79 Å². The largest absolute Gasteiger partial charge is 0.426 e. The van der Waals surface area contributed by atoms with Crippen LogP contribution in [0.5, 0.6) is 0 Å². The number of carbonyl (C=O) groups is 1. The van der Waals surface area contributed by atoms with Crippen molar-refractivity contribution < 1.29 is 18.0 Å². The van der Waals surface area contributed by atoms with Crippen molar-refractivity contribution >= 4 is 38.6 Å². The number of benzene rings is 4. The highest BCUT2D eigenvalue weighted by Gasteiger charge is 2.65. The van der Waals surface area contributed by atoms with Crippen molar-refractivity contribution in [3.05, 3.63) is 95.1 Å². The summed E-state index contributed by atoms with van der Waals surface area (Å²) >= 11 is 0. The first-order valence-corrected chi connectivity index (χ1v) is 12.8. The molecule has 1 saturated heterocycles. The van der Waals surface area contributed by atoms with Crippen LogP contribution in [0.25, 0.3) is 27.1 Å². The number of ketones is 1. The first-order chi connectivity index (χ1) is 18.1. The number of Topliss-reactive ketones (excluding diaryl/α,β-unsaturated/α-hetero) is 1. The number of carbonyl (C=O) groups excluding carboxylic acids is 1. The van der Waals surface area contributed by atoms with Crippen molar-refractivity contribution in [2.75, 3.05) is 5.32 Å². The van der Waals surface area contributed by atoms with Gasteiger partial charge >= 0.3 is 6.18 Å². The molecule has 4 aromatic carbocycles. The second-order valence-corrected chi connectivity index (χ2v) is 11.4. The molecule has 1 aliphatic carbocycles.